The second-order valence-corrected chi connectivity index (χ2v) is 6.14. The van der Waals surface area contributed by atoms with Crippen LogP contribution in [-0.4, -0.2) is 11.7 Å². The molecule has 0 unspecified atom stereocenters. The van der Waals surface area contributed by atoms with Gasteiger partial charge in [0.15, 0.2) is 0 Å². The van der Waals surface area contributed by atoms with E-state index in [0.29, 0.717) is 5.69 Å². The van der Waals surface area contributed by atoms with Crippen LogP contribution in [0.4, 0.5) is 21.9 Å². The summed E-state index contributed by atoms with van der Waals surface area (Å²) in [5, 5.41) is 6.06. The maximum Gasteiger partial charge on any atom is 0.412 e. The van der Waals surface area contributed by atoms with Gasteiger partial charge in [-0.2, -0.15) is 0 Å². The van der Waals surface area contributed by atoms with Gasteiger partial charge in [-0.05, 0) is 63.6 Å². The fraction of sp³-hybridized carbons (Fsp3) is 0.278. The van der Waals surface area contributed by atoms with E-state index in [1.165, 1.54) is 5.56 Å². The number of benzene rings is 2. The molecular weight excluding hydrogens is 276 g/mol. The van der Waals surface area contributed by atoms with Gasteiger partial charge in [-0.25, -0.2) is 4.79 Å². The average molecular weight is 298 g/mol. The minimum atomic E-state index is -0.504. The minimum absolute atomic E-state index is 0.452. The first kappa shape index (κ1) is 15.9. The Morgan fingerprint density at radius 1 is 0.955 bits per heavy atom. The summed E-state index contributed by atoms with van der Waals surface area (Å²) < 4.78 is 5.22. The van der Waals surface area contributed by atoms with Crippen LogP contribution in [0.2, 0.25) is 0 Å². The van der Waals surface area contributed by atoms with Crippen molar-refractivity contribution in [1.82, 2.24) is 0 Å². The van der Waals surface area contributed by atoms with Gasteiger partial charge in [-0.1, -0.05) is 18.2 Å². The summed E-state index contributed by atoms with van der Waals surface area (Å²) in [7, 11) is 0. The molecule has 0 aromatic heterocycles. The zero-order valence-electron chi connectivity index (χ0n) is 13.4. The molecule has 0 aliphatic carbocycles. The van der Waals surface area contributed by atoms with Crippen molar-refractivity contribution in [1.29, 1.82) is 0 Å². The Labute approximate surface area is 131 Å². The number of ether oxygens (including phenoxy) is 1. The molecule has 0 saturated carbocycles. The quantitative estimate of drug-likeness (QED) is 0.830. The number of anilines is 3. The molecule has 0 atom stereocenters. The third kappa shape index (κ3) is 4.81. The van der Waals surface area contributed by atoms with Crippen molar-refractivity contribution in [2.75, 3.05) is 10.6 Å². The number of aryl methyl sites for hydroxylation is 1. The zero-order chi connectivity index (χ0) is 16.2. The maximum absolute atomic E-state index is 11.7. The van der Waals surface area contributed by atoms with E-state index in [-0.39, 0.29) is 0 Å². The molecule has 4 heteroatoms. The number of para-hydroxylation sites is 1. The molecule has 4 nitrogen and oxygen atoms in total. The lowest BCUT2D eigenvalue weighted by Crippen LogP contribution is -2.27. The van der Waals surface area contributed by atoms with E-state index in [2.05, 4.69) is 23.6 Å². The molecule has 116 valence electrons. The van der Waals surface area contributed by atoms with Crippen LogP contribution in [-0.2, 0) is 4.74 Å². The average Bonchev–Trinajstić information content (AvgIpc) is 2.41. The molecule has 2 aromatic carbocycles. The van der Waals surface area contributed by atoms with E-state index in [0.717, 1.165) is 11.4 Å². The number of hydrogen-bond acceptors (Lipinski definition) is 3. The zero-order valence-corrected chi connectivity index (χ0v) is 13.4. The van der Waals surface area contributed by atoms with Crippen LogP contribution < -0.4 is 10.6 Å². The van der Waals surface area contributed by atoms with Crippen molar-refractivity contribution in [2.45, 2.75) is 33.3 Å². The first-order valence-electron chi connectivity index (χ1n) is 7.26. The second-order valence-electron chi connectivity index (χ2n) is 6.14. The largest absolute Gasteiger partial charge is 0.444 e. The lowest BCUT2D eigenvalue weighted by molar-refractivity contribution is 0.0636. The van der Waals surface area contributed by atoms with Gasteiger partial charge in [-0.15, -0.1) is 0 Å². The van der Waals surface area contributed by atoms with Gasteiger partial charge in [0.05, 0.1) is 0 Å². The fourth-order valence-electron chi connectivity index (χ4n) is 1.93. The van der Waals surface area contributed by atoms with Gasteiger partial charge in [-0.3, -0.25) is 5.32 Å². The summed E-state index contributed by atoms with van der Waals surface area (Å²) in [5.74, 6) is 0. The molecule has 2 rings (SSSR count). The van der Waals surface area contributed by atoms with Crippen LogP contribution in [0.5, 0.6) is 0 Å². The van der Waals surface area contributed by atoms with E-state index < -0.39 is 11.7 Å². The number of carbonyl (C=O) groups excluding carboxylic acids is 1. The van der Waals surface area contributed by atoms with Gasteiger partial charge >= 0.3 is 6.09 Å². The number of amides is 1. The van der Waals surface area contributed by atoms with Crippen molar-refractivity contribution < 1.29 is 9.53 Å². The van der Waals surface area contributed by atoms with Crippen molar-refractivity contribution in [3.05, 3.63) is 54.1 Å². The molecule has 0 radical (unpaired) electrons. The predicted molar refractivity (Wildman–Crippen MR) is 90.8 cm³/mol. The van der Waals surface area contributed by atoms with E-state index >= 15 is 0 Å². The molecule has 0 aliphatic rings. The van der Waals surface area contributed by atoms with Gasteiger partial charge < -0.3 is 10.1 Å². The number of hydrogen-bond donors (Lipinski definition) is 2. The summed E-state index contributed by atoms with van der Waals surface area (Å²) >= 11 is 0. The van der Waals surface area contributed by atoms with Crippen LogP contribution in [0.15, 0.2) is 48.5 Å². The van der Waals surface area contributed by atoms with E-state index in [1.54, 1.807) is 0 Å². The van der Waals surface area contributed by atoms with Crippen LogP contribution in [0.3, 0.4) is 0 Å². The Bertz CT molecular complexity index is 643. The Morgan fingerprint density at radius 3 is 2.14 bits per heavy atom. The normalized spacial score (nSPS) is 10.9. The summed E-state index contributed by atoms with van der Waals surface area (Å²) in [6, 6.07) is 15.6. The highest BCUT2D eigenvalue weighted by molar-refractivity contribution is 5.85. The monoisotopic (exact) mass is 298 g/mol. The minimum Gasteiger partial charge on any atom is -0.444 e. The Balaban J connectivity index is 1.99. The predicted octanol–water partition coefficient (Wildman–Crippen LogP) is 5.09. The Hall–Kier alpha value is -2.49. The topological polar surface area (TPSA) is 50.4 Å². The lowest BCUT2D eigenvalue weighted by atomic mass is 10.2. The first-order valence-corrected chi connectivity index (χ1v) is 7.26. The standard InChI is InChI=1S/C18H22N2O2/c1-13-7-5-6-8-16(13)19-14-9-11-15(12-10-14)20-17(21)22-18(2,3)4/h5-12,19H,1-4H3,(H,20,21). The molecule has 0 spiro atoms. The van der Waals surface area contributed by atoms with E-state index in [4.69, 9.17) is 4.74 Å². The van der Waals surface area contributed by atoms with Crippen molar-refractivity contribution in [2.24, 2.45) is 0 Å². The summed E-state index contributed by atoms with van der Waals surface area (Å²) in [5.41, 5.74) is 3.40. The van der Waals surface area contributed by atoms with E-state index in [1.807, 2.05) is 63.2 Å². The lowest BCUT2D eigenvalue weighted by Gasteiger charge is -2.19. The molecule has 2 aromatic rings. The molecule has 0 fully saturated rings. The van der Waals surface area contributed by atoms with Crippen LogP contribution in [0.25, 0.3) is 0 Å². The smallest absolute Gasteiger partial charge is 0.412 e. The molecule has 22 heavy (non-hydrogen) atoms. The Morgan fingerprint density at radius 2 is 1.55 bits per heavy atom. The number of carbonyl (C=O) groups is 1. The van der Waals surface area contributed by atoms with Crippen LogP contribution in [0, 0.1) is 6.92 Å². The van der Waals surface area contributed by atoms with Gasteiger partial charge in [0.2, 0.25) is 0 Å². The highest BCUT2D eigenvalue weighted by atomic mass is 16.6. The molecular formula is C18H22N2O2. The van der Waals surface area contributed by atoms with Crippen molar-refractivity contribution >= 4 is 23.2 Å². The highest BCUT2D eigenvalue weighted by Crippen LogP contribution is 2.21. The second kappa shape index (κ2) is 6.52. The molecule has 2 N–H and O–H groups in total. The number of rotatable bonds is 3. The van der Waals surface area contributed by atoms with Gasteiger partial charge in [0.25, 0.3) is 0 Å². The number of nitrogens with one attached hydrogen (secondary N) is 2. The van der Waals surface area contributed by atoms with Crippen LogP contribution >= 0.6 is 0 Å². The third-order valence-corrected chi connectivity index (χ3v) is 2.95. The summed E-state index contributed by atoms with van der Waals surface area (Å²) in [6.45, 7) is 7.56. The Kier molecular flexibility index (Phi) is 4.71. The molecule has 0 aliphatic heterocycles. The molecule has 1 amide bonds. The first-order chi connectivity index (χ1) is 10.3. The SMILES string of the molecule is Cc1ccccc1Nc1ccc(NC(=O)OC(C)(C)C)cc1. The van der Waals surface area contributed by atoms with E-state index in [9.17, 15) is 4.79 Å². The fourth-order valence-corrected chi connectivity index (χ4v) is 1.93. The maximum atomic E-state index is 11.7. The summed E-state index contributed by atoms with van der Waals surface area (Å²) in [4.78, 5) is 11.7. The van der Waals surface area contributed by atoms with Crippen molar-refractivity contribution in [3.63, 3.8) is 0 Å². The molecule has 0 heterocycles. The summed E-state index contributed by atoms with van der Waals surface area (Å²) in [6.07, 6.45) is -0.452. The highest BCUT2D eigenvalue weighted by Gasteiger charge is 2.16. The van der Waals surface area contributed by atoms with Gasteiger partial charge in [0.1, 0.15) is 5.60 Å². The van der Waals surface area contributed by atoms with Gasteiger partial charge in [0, 0.05) is 17.1 Å². The third-order valence-electron chi connectivity index (χ3n) is 2.95. The van der Waals surface area contributed by atoms with Crippen molar-refractivity contribution in [3.8, 4) is 0 Å². The van der Waals surface area contributed by atoms with Crippen LogP contribution in [0.1, 0.15) is 26.3 Å². The molecule has 0 bridgehead atoms. The molecule has 0 saturated heterocycles.